The molecule has 0 aliphatic carbocycles. The number of amides is 2. The molecule has 0 unspecified atom stereocenters. The Morgan fingerprint density at radius 3 is 2.30 bits per heavy atom. The predicted molar refractivity (Wildman–Crippen MR) is 183 cm³/mol. The minimum absolute atomic E-state index is 0.0341. The molecule has 0 fully saturated rings. The maximum atomic E-state index is 14.5. The van der Waals surface area contributed by atoms with Gasteiger partial charge in [-0.25, -0.2) is 8.42 Å². The Kier molecular flexibility index (Phi) is 11.6. The number of nitro benzene ring substituents is 1. The molecular formula is C33H32BrClN4O7S. The fourth-order valence-corrected chi connectivity index (χ4v) is 6.82. The van der Waals surface area contributed by atoms with Crippen molar-refractivity contribution in [2.24, 2.45) is 0 Å². The summed E-state index contributed by atoms with van der Waals surface area (Å²) in [6.45, 7) is 0.661. The number of halogens is 2. The van der Waals surface area contributed by atoms with Gasteiger partial charge in [0.25, 0.3) is 15.7 Å². The Balaban J connectivity index is 1.87. The number of methoxy groups -OCH3 is 1. The summed E-state index contributed by atoms with van der Waals surface area (Å²) in [5.41, 5.74) is 1.25. The van der Waals surface area contributed by atoms with Gasteiger partial charge in [-0.1, -0.05) is 76.1 Å². The summed E-state index contributed by atoms with van der Waals surface area (Å²) in [5.74, 6) is -1.09. The van der Waals surface area contributed by atoms with Crippen LogP contribution in [0.25, 0.3) is 0 Å². The number of nitrogens with one attached hydrogen (secondary N) is 1. The predicted octanol–water partition coefficient (Wildman–Crippen LogP) is 5.91. The summed E-state index contributed by atoms with van der Waals surface area (Å²) >= 11 is 9.71. The largest absolute Gasteiger partial charge is 0.495 e. The second-order valence-corrected chi connectivity index (χ2v) is 13.7. The zero-order valence-corrected chi connectivity index (χ0v) is 28.9. The molecule has 11 nitrogen and oxygen atoms in total. The van der Waals surface area contributed by atoms with Crippen LogP contribution in [0.4, 0.5) is 11.4 Å². The monoisotopic (exact) mass is 742 g/mol. The van der Waals surface area contributed by atoms with E-state index in [0.717, 1.165) is 20.4 Å². The summed E-state index contributed by atoms with van der Waals surface area (Å²) in [6, 6.07) is 23.0. The Hall–Kier alpha value is -4.46. The lowest BCUT2D eigenvalue weighted by Gasteiger charge is -2.34. The lowest BCUT2D eigenvalue weighted by atomic mass is 10.0. The van der Waals surface area contributed by atoms with Crippen LogP contribution in [0.5, 0.6) is 5.75 Å². The van der Waals surface area contributed by atoms with Gasteiger partial charge in [-0.15, -0.1) is 0 Å². The van der Waals surface area contributed by atoms with Crippen LogP contribution in [0, 0.1) is 17.0 Å². The minimum atomic E-state index is -4.66. The Labute approximate surface area is 286 Å². The molecule has 14 heteroatoms. The highest BCUT2D eigenvalue weighted by molar-refractivity contribution is 9.10. The van der Waals surface area contributed by atoms with Crippen molar-refractivity contribution in [1.29, 1.82) is 0 Å². The summed E-state index contributed by atoms with van der Waals surface area (Å²) in [4.78, 5) is 39.9. The number of rotatable bonds is 13. The molecule has 0 spiro atoms. The van der Waals surface area contributed by atoms with Crippen LogP contribution in [-0.4, -0.2) is 56.8 Å². The molecule has 0 aromatic heterocycles. The van der Waals surface area contributed by atoms with E-state index >= 15 is 0 Å². The first kappa shape index (κ1) is 35.4. The zero-order chi connectivity index (χ0) is 34.3. The van der Waals surface area contributed by atoms with Crippen LogP contribution < -0.4 is 14.4 Å². The maximum Gasteiger partial charge on any atom is 0.273 e. The average molecular weight is 744 g/mol. The molecule has 1 atom stereocenters. The van der Waals surface area contributed by atoms with Crippen molar-refractivity contribution < 1.29 is 27.7 Å². The normalized spacial score (nSPS) is 11.8. The summed E-state index contributed by atoms with van der Waals surface area (Å²) in [6.07, 6.45) is 0.139. The quantitative estimate of drug-likeness (QED) is 0.133. The molecule has 1 N–H and O–H groups in total. The summed E-state index contributed by atoms with van der Waals surface area (Å²) in [5, 5.41) is 14.5. The first-order chi connectivity index (χ1) is 22.3. The number of nitrogens with zero attached hydrogens (tertiary/aromatic N) is 3. The third-order valence-electron chi connectivity index (χ3n) is 7.44. The molecule has 0 saturated carbocycles. The first-order valence-corrected chi connectivity index (χ1v) is 16.9. The summed E-state index contributed by atoms with van der Waals surface area (Å²) < 4.78 is 35.8. The van der Waals surface area contributed by atoms with Gasteiger partial charge in [-0.2, -0.15) is 0 Å². The molecule has 0 heterocycles. The van der Waals surface area contributed by atoms with Crippen LogP contribution in [-0.2, 0) is 32.6 Å². The highest BCUT2D eigenvalue weighted by atomic mass is 79.9. The molecule has 4 rings (SSSR count). The van der Waals surface area contributed by atoms with Crippen LogP contribution in [0.3, 0.4) is 0 Å². The fourth-order valence-electron chi connectivity index (χ4n) is 4.95. The molecule has 246 valence electrons. The fraction of sp³-hybridized carbons (Fsp3) is 0.212. The van der Waals surface area contributed by atoms with Crippen LogP contribution in [0.15, 0.2) is 100 Å². The first-order valence-electron chi connectivity index (χ1n) is 14.3. The van der Waals surface area contributed by atoms with Crippen LogP contribution in [0.1, 0.15) is 16.7 Å². The summed E-state index contributed by atoms with van der Waals surface area (Å²) in [7, 11) is -1.87. The van der Waals surface area contributed by atoms with Gasteiger partial charge in [-0.3, -0.25) is 24.0 Å². The SMILES string of the molecule is CNC(=O)[C@@H](Cc1ccccc1)N(Cc1ccc(Br)cc1)C(=O)CN(c1cc(Cl)ccc1OC)S(=O)(=O)c1ccc(C)c([N+](=O)[O-])c1. The number of nitro groups is 1. The van der Waals surface area contributed by atoms with Crippen LogP contribution in [0.2, 0.25) is 5.02 Å². The zero-order valence-electron chi connectivity index (χ0n) is 25.7. The highest BCUT2D eigenvalue weighted by Gasteiger charge is 2.36. The Morgan fingerprint density at radius 1 is 1.00 bits per heavy atom. The van der Waals surface area contributed by atoms with Gasteiger partial charge in [0.15, 0.2) is 0 Å². The molecule has 0 saturated heterocycles. The lowest BCUT2D eigenvalue weighted by molar-refractivity contribution is -0.385. The molecule has 4 aromatic carbocycles. The van der Waals surface area contributed by atoms with Crippen molar-refractivity contribution in [3.8, 4) is 5.75 Å². The van der Waals surface area contributed by atoms with Gasteiger partial charge < -0.3 is 15.0 Å². The number of hydrogen-bond acceptors (Lipinski definition) is 7. The van der Waals surface area contributed by atoms with Crippen molar-refractivity contribution in [3.05, 3.63) is 127 Å². The minimum Gasteiger partial charge on any atom is -0.495 e. The lowest BCUT2D eigenvalue weighted by Crippen LogP contribution is -2.53. The Morgan fingerprint density at radius 2 is 1.68 bits per heavy atom. The second kappa shape index (κ2) is 15.4. The number of likely N-dealkylation sites (N-methyl/N-ethyl adjacent to an activating group) is 1. The van der Waals surface area contributed by atoms with Gasteiger partial charge in [0.1, 0.15) is 18.3 Å². The van der Waals surface area contributed by atoms with Crippen molar-refractivity contribution in [2.75, 3.05) is 25.0 Å². The average Bonchev–Trinajstić information content (AvgIpc) is 3.05. The number of benzene rings is 4. The molecule has 0 bridgehead atoms. The number of anilines is 1. The van der Waals surface area contributed by atoms with E-state index in [0.29, 0.717) is 5.56 Å². The van der Waals surface area contributed by atoms with E-state index in [1.165, 1.54) is 56.3 Å². The number of aryl methyl sites for hydroxylation is 1. The standard InChI is InChI=1S/C33H32BrClN4O7S/c1-22-9-15-27(19-28(22)39(42)43)47(44,45)38(29-18-26(35)14-16-31(29)46-3)21-32(40)37(20-24-10-12-25(34)13-11-24)30(33(41)36-2)17-23-7-5-4-6-8-23/h4-16,18-19,30H,17,20-21H2,1-3H3,(H,36,41)/t30-/m1/s1. The van der Waals surface area contributed by atoms with Gasteiger partial charge in [0.2, 0.25) is 11.8 Å². The second-order valence-electron chi connectivity index (χ2n) is 10.5. The number of hydrogen-bond donors (Lipinski definition) is 1. The number of carbonyl (C=O) groups excluding carboxylic acids is 2. The molecule has 4 aromatic rings. The molecule has 0 aliphatic rings. The van der Waals surface area contributed by atoms with Gasteiger partial charge in [-0.05, 0) is 54.4 Å². The number of carbonyl (C=O) groups is 2. The number of sulfonamides is 1. The van der Waals surface area contributed by atoms with Crippen molar-refractivity contribution in [3.63, 3.8) is 0 Å². The highest BCUT2D eigenvalue weighted by Crippen LogP contribution is 2.36. The van der Waals surface area contributed by atoms with Gasteiger partial charge in [0, 0.05) is 41.1 Å². The van der Waals surface area contributed by atoms with E-state index in [2.05, 4.69) is 21.2 Å². The van der Waals surface area contributed by atoms with E-state index in [9.17, 15) is 28.1 Å². The van der Waals surface area contributed by atoms with E-state index in [1.807, 2.05) is 30.3 Å². The number of ether oxygens (including phenoxy) is 1. The van der Waals surface area contributed by atoms with Crippen molar-refractivity contribution in [1.82, 2.24) is 10.2 Å². The van der Waals surface area contributed by atoms with E-state index in [1.54, 1.807) is 24.3 Å². The molecule has 0 radical (unpaired) electrons. The van der Waals surface area contributed by atoms with Crippen molar-refractivity contribution in [2.45, 2.75) is 30.8 Å². The maximum absolute atomic E-state index is 14.5. The van der Waals surface area contributed by atoms with Gasteiger partial charge >= 0.3 is 0 Å². The molecule has 2 amide bonds. The van der Waals surface area contributed by atoms with E-state index in [-0.39, 0.29) is 35.0 Å². The smallest absolute Gasteiger partial charge is 0.273 e. The van der Waals surface area contributed by atoms with Crippen molar-refractivity contribution >= 4 is 60.7 Å². The third kappa shape index (κ3) is 8.47. The molecule has 47 heavy (non-hydrogen) atoms. The van der Waals surface area contributed by atoms with Crippen LogP contribution >= 0.6 is 27.5 Å². The van der Waals surface area contributed by atoms with E-state index in [4.69, 9.17) is 16.3 Å². The third-order valence-corrected chi connectivity index (χ3v) is 9.96. The molecule has 0 aliphatic heterocycles. The van der Waals surface area contributed by atoms with Gasteiger partial charge in [0.05, 0.1) is 22.6 Å². The topological polar surface area (TPSA) is 139 Å². The molecular weight excluding hydrogens is 712 g/mol. The van der Waals surface area contributed by atoms with E-state index < -0.39 is 49.9 Å². The Bertz CT molecular complexity index is 1880.